The van der Waals surface area contributed by atoms with E-state index >= 15 is 0 Å². The Bertz CT molecular complexity index is 351. The number of carbonyl (C=O) groups is 2. The molecule has 3 N–H and O–H groups in total. The van der Waals surface area contributed by atoms with Crippen molar-refractivity contribution in [3.63, 3.8) is 0 Å². The Labute approximate surface area is 117 Å². The Morgan fingerprint density at radius 1 is 1.15 bits per heavy atom. The highest BCUT2D eigenvalue weighted by Gasteiger charge is 2.46. The Kier molecular flexibility index (Phi) is 6.34. The molecular formula is C12H22N2O6. The fraction of sp³-hybridized carbons (Fsp3) is 0.833. The van der Waals surface area contributed by atoms with Crippen molar-refractivity contribution >= 4 is 11.8 Å². The smallest absolute Gasteiger partial charge is 0.217 e. The molecular weight excluding hydrogens is 268 g/mol. The molecule has 0 aromatic carbocycles. The molecule has 2 amide bonds. The van der Waals surface area contributed by atoms with Gasteiger partial charge in [-0.2, -0.15) is 0 Å². The minimum Gasteiger partial charge on any atom is -0.376 e. The van der Waals surface area contributed by atoms with E-state index in [1.807, 2.05) is 0 Å². The summed E-state index contributed by atoms with van der Waals surface area (Å²) in [4.78, 5) is 22.3. The van der Waals surface area contributed by atoms with Crippen molar-refractivity contribution in [3.8, 4) is 0 Å². The molecule has 8 heteroatoms. The van der Waals surface area contributed by atoms with Gasteiger partial charge in [-0.15, -0.1) is 0 Å². The van der Waals surface area contributed by atoms with Crippen molar-refractivity contribution in [1.82, 2.24) is 10.6 Å². The van der Waals surface area contributed by atoms with Crippen LogP contribution in [0.4, 0.5) is 0 Å². The van der Waals surface area contributed by atoms with Gasteiger partial charge >= 0.3 is 0 Å². The van der Waals surface area contributed by atoms with Crippen LogP contribution in [-0.4, -0.2) is 68.3 Å². The maximum Gasteiger partial charge on any atom is 0.217 e. The predicted octanol–water partition coefficient (Wildman–Crippen LogP) is -1.63. The molecule has 0 radical (unpaired) electrons. The van der Waals surface area contributed by atoms with E-state index in [-0.39, 0.29) is 18.4 Å². The molecule has 5 atom stereocenters. The van der Waals surface area contributed by atoms with Gasteiger partial charge in [0, 0.05) is 34.6 Å². The highest BCUT2D eigenvalue weighted by molar-refractivity contribution is 5.74. The van der Waals surface area contributed by atoms with Crippen LogP contribution in [0.3, 0.4) is 0 Å². The lowest BCUT2D eigenvalue weighted by atomic mass is 9.95. The molecule has 0 unspecified atom stereocenters. The number of aliphatic hydroxyl groups excluding tert-OH is 1. The molecule has 0 aliphatic carbocycles. The van der Waals surface area contributed by atoms with E-state index in [0.717, 1.165) is 0 Å². The molecule has 20 heavy (non-hydrogen) atoms. The lowest BCUT2D eigenvalue weighted by Gasteiger charge is -2.44. The second-order valence-electron chi connectivity index (χ2n) is 4.63. The predicted molar refractivity (Wildman–Crippen MR) is 68.8 cm³/mol. The van der Waals surface area contributed by atoms with E-state index in [1.165, 1.54) is 28.1 Å². The summed E-state index contributed by atoms with van der Waals surface area (Å²) in [6.45, 7) is 2.89. The summed E-state index contributed by atoms with van der Waals surface area (Å²) in [5.41, 5.74) is 0. The van der Waals surface area contributed by atoms with E-state index < -0.39 is 30.6 Å². The first-order chi connectivity index (χ1) is 9.40. The topological polar surface area (TPSA) is 106 Å². The summed E-state index contributed by atoms with van der Waals surface area (Å²) in [6.07, 6.45) is -3.14. The number of rotatable bonds is 5. The third-order valence-electron chi connectivity index (χ3n) is 3.14. The summed E-state index contributed by atoms with van der Waals surface area (Å²) < 4.78 is 15.9. The zero-order valence-corrected chi connectivity index (χ0v) is 12.1. The van der Waals surface area contributed by atoms with Gasteiger partial charge in [-0.05, 0) is 0 Å². The molecule has 1 saturated heterocycles. The quantitative estimate of drug-likeness (QED) is 0.561. The molecule has 0 aromatic heterocycles. The van der Waals surface area contributed by atoms with Crippen LogP contribution >= 0.6 is 0 Å². The molecule has 0 spiro atoms. The lowest BCUT2D eigenvalue weighted by molar-refractivity contribution is -0.266. The molecule has 1 rings (SSSR count). The van der Waals surface area contributed by atoms with Gasteiger partial charge in [-0.1, -0.05) is 0 Å². The van der Waals surface area contributed by atoms with Crippen LogP contribution in [-0.2, 0) is 23.8 Å². The average Bonchev–Trinajstić information content (AvgIpc) is 2.37. The Hall–Kier alpha value is -1.22. The number of aliphatic hydroxyl groups is 1. The maximum absolute atomic E-state index is 11.3. The highest BCUT2D eigenvalue weighted by Crippen LogP contribution is 2.23. The zero-order chi connectivity index (χ0) is 15.3. The lowest BCUT2D eigenvalue weighted by Crippen LogP contribution is -2.66. The fourth-order valence-electron chi connectivity index (χ4n) is 2.28. The molecule has 1 heterocycles. The summed E-state index contributed by atoms with van der Waals surface area (Å²) in [5.74, 6) is -0.493. The molecule has 0 aromatic rings. The van der Waals surface area contributed by atoms with Gasteiger partial charge in [0.1, 0.15) is 18.3 Å². The standard InChI is InChI=1S/C12H22N2O6/c1-6(15)13-5-8-9(14-7(2)16)10(18-3)11(19-4)12(17)20-8/h8-12,17H,5H2,1-4H3,(H,13,15)(H,14,16)/t8-,9+,10+,11-,12+/m1/s1. The maximum atomic E-state index is 11.3. The van der Waals surface area contributed by atoms with Crippen LogP contribution in [0.5, 0.6) is 0 Å². The first-order valence-corrected chi connectivity index (χ1v) is 6.31. The van der Waals surface area contributed by atoms with Gasteiger partial charge < -0.3 is 30.0 Å². The molecule has 116 valence electrons. The summed E-state index contributed by atoms with van der Waals surface area (Å²) in [7, 11) is 2.88. The average molecular weight is 290 g/mol. The van der Waals surface area contributed by atoms with Gasteiger partial charge in [0.25, 0.3) is 0 Å². The molecule has 1 aliphatic rings. The van der Waals surface area contributed by atoms with Gasteiger partial charge in [-0.25, -0.2) is 0 Å². The first-order valence-electron chi connectivity index (χ1n) is 6.31. The number of hydrogen-bond donors (Lipinski definition) is 3. The Morgan fingerprint density at radius 3 is 2.20 bits per heavy atom. The molecule has 1 aliphatic heterocycles. The number of ether oxygens (including phenoxy) is 3. The SMILES string of the molecule is CO[C@@H]1[C@@H](OC)[C@@H](NC(C)=O)[C@@H](CNC(C)=O)O[C@@H]1O. The zero-order valence-electron chi connectivity index (χ0n) is 12.1. The van der Waals surface area contributed by atoms with E-state index in [9.17, 15) is 14.7 Å². The number of amides is 2. The van der Waals surface area contributed by atoms with Crippen molar-refractivity contribution in [2.75, 3.05) is 20.8 Å². The van der Waals surface area contributed by atoms with E-state index in [1.54, 1.807) is 0 Å². The van der Waals surface area contributed by atoms with Crippen LogP contribution in [0.25, 0.3) is 0 Å². The van der Waals surface area contributed by atoms with Crippen LogP contribution < -0.4 is 10.6 Å². The molecule has 0 saturated carbocycles. The second-order valence-corrected chi connectivity index (χ2v) is 4.63. The third kappa shape index (κ3) is 4.14. The highest BCUT2D eigenvalue weighted by atomic mass is 16.7. The molecule has 0 bridgehead atoms. The number of nitrogens with one attached hydrogen (secondary N) is 2. The normalized spacial score (nSPS) is 33.5. The van der Waals surface area contributed by atoms with Gasteiger partial charge in [0.2, 0.25) is 11.8 Å². The minimum atomic E-state index is -1.20. The van der Waals surface area contributed by atoms with Crippen molar-refractivity contribution in [2.45, 2.75) is 44.5 Å². The monoisotopic (exact) mass is 290 g/mol. The van der Waals surface area contributed by atoms with Crippen LogP contribution in [0.1, 0.15) is 13.8 Å². The van der Waals surface area contributed by atoms with Crippen molar-refractivity contribution in [3.05, 3.63) is 0 Å². The van der Waals surface area contributed by atoms with Crippen LogP contribution in [0.15, 0.2) is 0 Å². The van der Waals surface area contributed by atoms with Crippen molar-refractivity contribution in [2.24, 2.45) is 0 Å². The third-order valence-corrected chi connectivity index (χ3v) is 3.14. The van der Waals surface area contributed by atoms with E-state index in [0.29, 0.717) is 0 Å². The van der Waals surface area contributed by atoms with Crippen LogP contribution in [0.2, 0.25) is 0 Å². The van der Waals surface area contributed by atoms with E-state index in [4.69, 9.17) is 14.2 Å². The van der Waals surface area contributed by atoms with Gasteiger partial charge in [0.05, 0.1) is 6.04 Å². The first kappa shape index (κ1) is 16.8. The molecule has 1 fully saturated rings. The van der Waals surface area contributed by atoms with Gasteiger partial charge in [-0.3, -0.25) is 9.59 Å². The fourth-order valence-corrected chi connectivity index (χ4v) is 2.28. The van der Waals surface area contributed by atoms with Gasteiger partial charge in [0.15, 0.2) is 6.29 Å². The largest absolute Gasteiger partial charge is 0.376 e. The number of hydrogen-bond acceptors (Lipinski definition) is 6. The second kappa shape index (κ2) is 7.53. The Balaban J connectivity index is 2.89. The van der Waals surface area contributed by atoms with Crippen molar-refractivity contribution in [1.29, 1.82) is 0 Å². The van der Waals surface area contributed by atoms with Crippen molar-refractivity contribution < 1.29 is 28.9 Å². The minimum absolute atomic E-state index is 0.146. The number of methoxy groups -OCH3 is 2. The van der Waals surface area contributed by atoms with Crippen LogP contribution in [0, 0.1) is 0 Å². The molecule has 8 nitrogen and oxygen atoms in total. The Morgan fingerprint density at radius 2 is 1.75 bits per heavy atom. The summed E-state index contributed by atoms with van der Waals surface area (Å²) >= 11 is 0. The van der Waals surface area contributed by atoms with E-state index in [2.05, 4.69) is 10.6 Å². The number of carbonyl (C=O) groups excluding carboxylic acids is 2. The summed E-state index contributed by atoms with van der Waals surface area (Å²) in [6, 6.07) is -0.544. The summed E-state index contributed by atoms with van der Waals surface area (Å²) in [5, 5.41) is 15.2.